The molecule has 2 aromatic rings. The Kier molecular flexibility index (Phi) is 2.18. The van der Waals surface area contributed by atoms with Gasteiger partial charge in [-0.3, -0.25) is 0 Å². The monoisotopic (exact) mass is 260 g/mol. The molecule has 0 spiro atoms. The predicted molar refractivity (Wildman–Crippen MR) is 73.6 cm³/mol. The fourth-order valence-electron chi connectivity index (χ4n) is 2.93. The second-order valence-corrected chi connectivity index (χ2v) is 7.81. The summed E-state index contributed by atoms with van der Waals surface area (Å²) < 4.78 is 24.9. The second-order valence-electron chi connectivity index (χ2n) is 5.57. The lowest BCUT2D eigenvalue weighted by molar-refractivity contribution is 0.507. The molecule has 1 aliphatic heterocycles. The summed E-state index contributed by atoms with van der Waals surface area (Å²) in [6.07, 6.45) is 0. The lowest BCUT2D eigenvalue weighted by Crippen LogP contribution is -2.30. The smallest absolute Gasteiger partial charge is 0.182 e. The van der Waals surface area contributed by atoms with Crippen LogP contribution in [0, 0.1) is 0 Å². The molecule has 94 valence electrons. The average Bonchev–Trinajstić information content (AvgIpc) is 2.48. The predicted octanol–water partition coefficient (Wildman–Crippen LogP) is 3.29. The molecule has 0 N–H and O–H groups in total. The van der Waals surface area contributed by atoms with E-state index in [2.05, 4.69) is 0 Å². The van der Waals surface area contributed by atoms with Crippen LogP contribution in [0.1, 0.15) is 26.3 Å². The minimum absolute atomic E-state index is 0.338. The first-order valence-corrected chi connectivity index (χ1v) is 7.67. The van der Waals surface area contributed by atoms with Crippen LogP contribution in [0.5, 0.6) is 0 Å². The van der Waals surface area contributed by atoms with Crippen LogP contribution in [0.25, 0.3) is 10.8 Å². The van der Waals surface area contributed by atoms with E-state index in [0.717, 1.165) is 16.3 Å². The summed E-state index contributed by atoms with van der Waals surface area (Å²) in [7, 11) is -3.18. The van der Waals surface area contributed by atoms with Crippen molar-refractivity contribution < 1.29 is 8.42 Å². The van der Waals surface area contributed by atoms with Gasteiger partial charge in [0, 0.05) is 5.41 Å². The summed E-state index contributed by atoms with van der Waals surface area (Å²) in [5, 5.41) is 1.80. The van der Waals surface area contributed by atoms with E-state index in [0.29, 0.717) is 4.90 Å². The Balaban J connectivity index is 2.54. The Morgan fingerprint density at radius 1 is 1.06 bits per heavy atom. The maximum absolute atomic E-state index is 12.4. The SMILES string of the molecule is CC1C(C)(C)c2c(ccc3ccccc23)S1(=O)=O. The zero-order valence-electron chi connectivity index (χ0n) is 10.8. The fraction of sp³-hybridized carbons (Fsp3) is 0.333. The Morgan fingerprint density at radius 2 is 1.72 bits per heavy atom. The Hall–Kier alpha value is -1.35. The highest BCUT2D eigenvalue weighted by atomic mass is 32.2. The standard InChI is InChI=1S/C15H16O2S/c1-10-15(2,3)14-12-7-5-4-6-11(12)8-9-13(14)18(10,16)17/h4-10H,1-3H3. The molecule has 0 bridgehead atoms. The molecular weight excluding hydrogens is 244 g/mol. The highest BCUT2D eigenvalue weighted by molar-refractivity contribution is 7.92. The van der Waals surface area contributed by atoms with Crippen LogP contribution < -0.4 is 0 Å². The van der Waals surface area contributed by atoms with Gasteiger partial charge in [-0.1, -0.05) is 44.2 Å². The van der Waals surface area contributed by atoms with Crippen molar-refractivity contribution in [3.63, 3.8) is 0 Å². The summed E-state index contributed by atoms with van der Waals surface area (Å²) in [4.78, 5) is 0.513. The van der Waals surface area contributed by atoms with Crippen LogP contribution in [0.2, 0.25) is 0 Å². The largest absolute Gasteiger partial charge is 0.223 e. The number of rotatable bonds is 0. The molecule has 2 aromatic carbocycles. The first-order valence-electron chi connectivity index (χ1n) is 6.13. The molecule has 0 radical (unpaired) electrons. The van der Waals surface area contributed by atoms with Crippen LogP contribution in [0.3, 0.4) is 0 Å². The van der Waals surface area contributed by atoms with Gasteiger partial charge in [0.2, 0.25) is 0 Å². The van der Waals surface area contributed by atoms with Gasteiger partial charge >= 0.3 is 0 Å². The van der Waals surface area contributed by atoms with Gasteiger partial charge in [0.25, 0.3) is 0 Å². The maximum Gasteiger partial charge on any atom is 0.182 e. The average molecular weight is 260 g/mol. The molecule has 0 aromatic heterocycles. The number of benzene rings is 2. The molecule has 3 rings (SSSR count). The molecule has 18 heavy (non-hydrogen) atoms. The van der Waals surface area contributed by atoms with Gasteiger partial charge in [-0.2, -0.15) is 0 Å². The normalized spacial score (nSPS) is 24.1. The van der Waals surface area contributed by atoms with Crippen molar-refractivity contribution in [2.24, 2.45) is 0 Å². The molecule has 0 saturated carbocycles. The summed E-state index contributed by atoms with van der Waals surface area (Å²) in [6, 6.07) is 11.7. The fourth-order valence-corrected chi connectivity index (χ4v) is 5.12. The Morgan fingerprint density at radius 3 is 2.44 bits per heavy atom. The molecule has 0 fully saturated rings. The highest BCUT2D eigenvalue weighted by Crippen LogP contribution is 2.47. The minimum Gasteiger partial charge on any atom is -0.223 e. The molecule has 0 saturated heterocycles. The zero-order chi connectivity index (χ0) is 13.1. The molecule has 1 aliphatic rings. The van der Waals surface area contributed by atoms with Gasteiger partial charge in [-0.15, -0.1) is 0 Å². The number of sulfone groups is 1. The number of hydrogen-bond acceptors (Lipinski definition) is 2. The van der Waals surface area contributed by atoms with Gasteiger partial charge < -0.3 is 0 Å². The first kappa shape index (κ1) is 11.7. The summed E-state index contributed by atoms with van der Waals surface area (Å²) in [5.74, 6) is 0. The minimum atomic E-state index is -3.18. The van der Waals surface area contributed by atoms with E-state index in [-0.39, 0.29) is 10.7 Å². The zero-order valence-corrected chi connectivity index (χ0v) is 11.6. The number of hydrogen-bond donors (Lipinski definition) is 0. The van der Waals surface area contributed by atoms with Crippen molar-refractivity contribution >= 4 is 20.6 Å². The Bertz CT molecular complexity index is 742. The van der Waals surface area contributed by atoms with Crippen LogP contribution in [-0.2, 0) is 15.3 Å². The third-order valence-corrected chi connectivity index (χ3v) is 6.80. The van der Waals surface area contributed by atoms with Gasteiger partial charge in [-0.25, -0.2) is 8.42 Å². The third kappa shape index (κ3) is 1.25. The van der Waals surface area contributed by atoms with Gasteiger partial charge in [0.1, 0.15) is 0 Å². The van der Waals surface area contributed by atoms with Crippen molar-refractivity contribution in [3.8, 4) is 0 Å². The van der Waals surface area contributed by atoms with Gasteiger partial charge in [0.05, 0.1) is 10.1 Å². The molecule has 0 aliphatic carbocycles. The van der Waals surface area contributed by atoms with Crippen LogP contribution in [0.15, 0.2) is 41.3 Å². The van der Waals surface area contributed by atoms with Gasteiger partial charge in [0.15, 0.2) is 9.84 Å². The quantitative estimate of drug-likeness (QED) is 0.728. The molecule has 3 heteroatoms. The topological polar surface area (TPSA) is 34.1 Å². The van der Waals surface area contributed by atoms with Gasteiger partial charge in [-0.05, 0) is 29.3 Å². The molecule has 2 nitrogen and oxygen atoms in total. The van der Waals surface area contributed by atoms with Crippen molar-refractivity contribution in [2.45, 2.75) is 36.3 Å². The van der Waals surface area contributed by atoms with Crippen LogP contribution in [-0.4, -0.2) is 13.7 Å². The summed E-state index contributed by atoms with van der Waals surface area (Å²) in [5.41, 5.74) is 0.641. The van der Waals surface area contributed by atoms with E-state index in [9.17, 15) is 8.42 Å². The first-order chi connectivity index (χ1) is 8.37. The highest BCUT2D eigenvalue weighted by Gasteiger charge is 2.48. The van der Waals surface area contributed by atoms with E-state index in [1.165, 1.54) is 0 Å². The van der Waals surface area contributed by atoms with E-state index in [1.54, 1.807) is 6.07 Å². The molecule has 0 amide bonds. The maximum atomic E-state index is 12.4. The third-order valence-electron chi connectivity index (χ3n) is 4.32. The molecular formula is C15H16O2S. The van der Waals surface area contributed by atoms with Crippen LogP contribution >= 0.6 is 0 Å². The molecule has 1 unspecified atom stereocenters. The summed E-state index contributed by atoms with van der Waals surface area (Å²) in [6.45, 7) is 5.85. The second kappa shape index (κ2) is 3.35. The number of fused-ring (bicyclic) bond motifs is 3. The lowest BCUT2D eigenvalue weighted by atomic mass is 9.80. The Labute approximate surface area is 108 Å². The van der Waals surface area contributed by atoms with E-state index in [1.807, 2.05) is 51.1 Å². The lowest BCUT2D eigenvalue weighted by Gasteiger charge is -2.24. The van der Waals surface area contributed by atoms with Crippen molar-refractivity contribution in [1.82, 2.24) is 0 Å². The molecule has 1 atom stereocenters. The van der Waals surface area contributed by atoms with E-state index >= 15 is 0 Å². The van der Waals surface area contributed by atoms with Crippen LogP contribution in [0.4, 0.5) is 0 Å². The van der Waals surface area contributed by atoms with Crippen molar-refractivity contribution in [2.75, 3.05) is 0 Å². The van der Waals surface area contributed by atoms with E-state index in [4.69, 9.17) is 0 Å². The molecule has 1 heterocycles. The summed E-state index contributed by atoms with van der Waals surface area (Å²) >= 11 is 0. The van der Waals surface area contributed by atoms with Crippen molar-refractivity contribution in [1.29, 1.82) is 0 Å². The van der Waals surface area contributed by atoms with E-state index < -0.39 is 9.84 Å². The van der Waals surface area contributed by atoms with Crippen molar-refractivity contribution in [3.05, 3.63) is 42.0 Å².